The summed E-state index contributed by atoms with van der Waals surface area (Å²) in [7, 11) is 0. The van der Waals surface area contributed by atoms with Crippen molar-refractivity contribution in [2.24, 2.45) is 35.5 Å². The van der Waals surface area contributed by atoms with E-state index in [-0.39, 0.29) is 11.8 Å². The van der Waals surface area contributed by atoms with Gasteiger partial charge < -0.3 is 10.2 Å². The normalized spacial score (nSPS) is 49.9. The lowest BCUT2D eigenvalue weighted by molar-refractivity contribution is -0.160. The maximum atomic E-state index is 11.1. The van der Waals surface area contributed by atoms with Gasteiger partial charge in [-0.3, -0.25) is 9.59 Å². The number of rotatable bonds is 2. The molecule has 0 radical (unpaired) electrons. The van der Waals surface area contributed by atoms with Gasteiger partial charge in [0.15, 0.2) is 0 Å². The average Bonchev–Trinajstić information content (AvgIpc) is 2.96. The van der Waals surface area contributed by atoms with Crippen molar-refractivity contribution in [3.63, 3.8) is 0 Å². The van der Waals surface area contributed by atoms with Gasteiger partial charge >= 0.3 is 11.9 Å². The summed E-state index contributed by atoms with van der Waals surface area (Å²) in [6.07, 6.45) is 4.87. The van der Waals surface area contributed by atoms with E-state index in [9.17, 15) is 9.59 Å². The second kappa shape index (κ2) is 2.62. The van der Waals surface area contributed by atoms with Gasteiger partial charge in [0.05, 0.1) is 11.8 Å². The molecular weight excluding hydrogens is 196 g/mol. The number of hydrogen-bond acceptors (Lipinski definition) is 2. The predicted molar refractivity (Wildman–Crippen MR) is 50.0 cm³/mol. The van der Waals surface area contributed by atoms with Gasteiger partial charge in [-0.15, -0.1) is 0 Å². The van der Waals surface area contributed by atoms with Gasteiger partial charge in [0, 0.05) is 0 Å². The van der Waals surface area contributed by atoms with Crippen LogP contribution in [-0.4, -0.2) is 22.2 Å². The third-order valence-corrected chi connectivity index (χ3v) is 4.22. The second-order valence-electron chi connectivity index (χ2n) is 4.83. The molecule has 80 valence electrons. The Morgan fingerprint density at radius 1 is 0.933 bits per heavy atom. The molecule has 4 aliphatic rings. The maximum Gasteiger partial charge on any atom is 0.308 e. The molecule has 4 heteroatoms. The predicted octanol–water partition coefficient (Wildman–Crippen LogP) is 0.840. The Morgan fingerprint density at radius 2 is 1.33 bits per heavy atom. The number of hydrogen-bond donors (Lipinski definition) is 2. The highest BCUT2D eigenvalue weighted by molar-refractivity contribution is 5.82. The molecule has 0 aromatic heterocycles. The standard InChI is InChI=1S/C11H12O4/c12-10(13)8-4-1-2-5(7-3-6(4)7)9(8)11(14)15/h1-2,4-9H,3H2,(H,12,13)(H,14,15)/t4-,5-,6-,7+,8+,9+/m0/s1. The van der Waals surface area contributed by atoms with Crippen LogP contribution in [0, 0.1) is 35.5 Å². The minimum absolute atomic E-state index is 0.0430. The van der Waals surface area contributed by atoms with Gasteiger partial charge in [0.25, 0.3) is 0 Å². The van der Waals surface area contributed by atoms with Crippen molar-refractivity contribution in [2.45, 2.75) is 6.42 Å². The molecule has 0 amide bonds. The summed E-state index contributed by atoms with van der Waals surface area (Å²) >= 11 is 0. The van der Waals surface area contributed by atoms with Crippen molar-refractivity contribution in [2.75, 3.05) is 0 Å². The third-order valence-electron chi connectivity index (χ3n) is 4.22. The minimum atomic E-state index is -0.952. The van der Waals surface area contributed by atoms with Gasteiger partial charge in [-0.05, 0) is 30.1 Å². The van der Waals surface area contributed by atoms with Gasteiger partial charge in [-0.1, -0.05) is 12.2 Å². The average molecular weight is 208 g/mol. The molecule has 2 fully saturated rings. The molecule has 0 spiro atoms. The first-order valence-electron chi connectivity index (χ1n) is 5.25. The van der Waals surface area contributed by atoms with Crippen LogP contribution in [-0.2, 0) is 9.59 Å². The van der Waals surface area contributed by atoms with Crippen LogP contribution >= 0.6 is 0 Å². The van der Waals surface area contributed by atoms with Crippen LogP contribution in [0.25, 0.3) is 0 Å². The lowest BCUT2D eigenvalue weighted by Crippen LogP contribution is -2.46. The van der Waals surface area contributed by atoms with Crippen LogP contribution < -0.4 is 0 Å². The molecule has 4 nitrogen and oxygen atoms in total. The molecule has 4 rings (SSSR count). The Bertz CT molecular complexity index is 339. The molecule has 2 N–H and O–H groups in total. The van der Waals surface area contributed by atoms with E-state index in [1.807, 2.05) is 12.2 Å². The van der Waals surface area contributed by atoms with Crippen LogP contribution in [0.2, 0.25) is 0 Å². The molecular formula is C11H12O4. The van der Waals surface area contributed by atoms with Gasteiger partial charge in [-0.2, -0.15) is 0 Å². The van der Waals surface area contributed by atoms with Crippen LogP contribution in [0.5, 0.6) is 0 Å². The summed E-state index contributed by atoms with van der Waals surface area (Å²) in [6, 6.07) is 0. The Morgan fingerprint density at radius 3 is 1.67 bits per heavy atom. The fourth-order valence-corrected chi connectivity index (χ4v) is 3.55. The van der Waals surface area contributed by atoms with Gasteiger partial charge in [0.2, 0.25) is 0 Å². The van der Waals surface area contributed by atoms with Crippen molar-refractivity contribution in [3.05, 3.63) is 12.2 Å². The summed E-state index contributed by atoms with van der Waals surface area (Å²) in [4.78, 5) is 22.3. The second-order valence-corrected chi connectivity index (χ2v) is 4.83. The zero-order valence-electron chi connectivity index (χ0n) is 8.04. The monoisotopic (exact) mass is 208 g/mol. The van der Waals surface area contributed by atoms with Crippen molar-refractivity contribution in [1.82, 2.24) is 0 Å². The Labute approximate surface area is 86.6 Å². The highest BCUT2D eigenvalue weighted by atomic mass is 16.4. The largest absolute Gasteiger partial charge is 0.481 e. The number of carboxylic acids is 2. The smallest absolute Gasteiger partial charge is 0.308 e. The summed E-state index contributed by atoms with van der Waals surface area (Å²) in [5, 5.41) is 18.2. The topological polar surface area (TPSA) is 74.6 Å². The summed E-state index contributed by atoms with van der Waals surface area (Å²) in [6.45, 7) is 0. The summed E-state index contributed by atoms with van der Waals surface area (Å²) in [5.74, 6) is -2.52. The quantitative estimate of drug-likeness (QED) is 0.659. The van der Waals surface area contributed by atoms with Gasteiger partial charge in [-0.25, -0.2) is 0 Å². The molecule has 0 heterocycles. The number of aliphatic carboxylic acids is 2. The summed E-state index contributed by atoms with van der Waals surface area (Å²) < 4.78 is 0. The first-order valence-corrected chi connectivity index (χ1v) is 5.25. The van der Waals surface area contributed by atoms with E-state index in [4.69, 9.17) is 10.2 Å². The van der Waals surface area contributed by atoms with E-state index in [1.54, 1.807) is 0 Å². The highest BCUT2D eigenvalue weighted by Crippen LogP contribution is 2.63. The van der Waals surface area contributed by atoms with E-state index >= 15 is 0 Å². The molecule has 15 heavy (non-hydrogen) atoms. The highest BCUT2D eigenvalue weighted by Gasteiger charge is 2.63. The Hall–Kier alpha value is -1.32. The van der Waals surface area contributed by atoms with Gasteiger partial charge in [0.1, 0.15) is 0 Å². The molecule has 6 atom stereocenters. The molecule has 4 aliphatic carbocycles. The van der Waals surface area contributed by atoms with E-state index in [0.717, 1.165) is 6.42 Å². The molecule has 0 saturated heterocycles. The molecule has 2 saturated carbocycles. The molecule has 0 aliphatic heterocycles. The lowest BCUT2D eigenvalue weighted by atomic mass is 9.62. The van der Waals surface area contributed by atoms with Crippen LogP contribution in [0.15, 0.2) is 12.2 Å². The maximum absolute atomic E-state index is 11.1. The van der Waals surface area contributed by atoms with Crippen molar-refractivity contribution in [3.8, 4) is 0 Å². The number of carbonyl (C=O) groups is 2. The van der Waals surface area contributed by atoms with Crippen LogP contribution in [0.3, 0.4) is 0 Å². The molecule has 0 aromatic carbocycles. The fourth-order valence-electron chi connectivity index (χ4n) is 3.55. The SMILES string of the molecule is O=C(O)[C@@H]1[C@H]2C=C[C@@H]([C@@H]3C[C@H]23)[C@H]1C(=O)O. The fraction of sp³-hybridized carbons (Fsp3) is 0.636. The lowest BCUT2D eigenvalue weighted by Gasteiger charge is -2.40. The van der Waals surface area contributed by atoms with E-state index < -0.39 is 23.8 Å². The Kier molecular flexibility index (Phi) is 1.56. The summed E-state index contributed by atoms with van der Waals surface area (Å²) in [5.41, 5.74) is 0. The number of allylic oxidation sites excluding steroid dienone is 2. The zero-order chi connectivity index (χ0) is 10.7. The van der Waals surface area contributed by atoms with E-state index in [2.05, 4.69) is 0 Å². The molecule has 2 bridgehead atoms. The number of carboxylic acid groups (broad SMARTS) is 2. The number of fused-ring (bicyclic) bond motifs is 1. The first kappa shape index (κ1) is 8.95. The van der Waals surface area contributed by atoms with Crippen molar-refractivity contribution < 1.29 is 19.8 Å². The van der Waals surface area contributed by atoms with Crippen molar-refractivity contribution in [1.29, 1.82) is 0 Å². The zero-order valence-corrected chi connectivity index (χ0v) is 8.04. The molecule has 0 aromatic rings. The van der Waals surface area contributed by atoms with E-state index in [0.29, 0.717) is 11.8 Å². The van der Waals surface area contributed by atoms with Crippen LogP contribution in [0.4, 0.5) is 0 Å². The van der Waals surface area contributed by atoms with E-state index in [1.165, 1.54) is 0 Å². The Balaban J connectivity index is 2.02. The molecule has 0 unspecified atom stereocenters. The first-order chi connectivity index (χ1) is 7.11. The van der Waals surface area contributed by atoms with Crippen LogP contribution in [0.1, 0.15) is 6.42 Å². The van der Waals surface area contributed by atoms with Crippen molar-refractivity contribution >= 4 is 11.9 Å². The minimum Gasteiger partial charge on any atom is -0.481 e. The third kappa shape index (κ3) is 1.02.